The van der Waals surface area contributed by atoms with Gasteiger partial charge in [0.25, 0.3) is 0 Å². The minimum Gasteiger partial charge on any atom is -0.481 e. The molecule has 1 fully saturated rings. The Kier molecular flexibility index (Phi) is 6.65. The molecule has 120 valence electrons. The second-order valence-electron chi connectivity index (χ2n) is 5.90. The van der Waals surface area contributed by atoms with Crippen LogP contribution in [-0.2, 0) is 19.1 Å². The molecule has 6 nitrogen and oxygen atoms in total. The molecule has 0 aliphatic heterocycles. The predicted molar refractivity (Wildman–Crippen MR) is 76.5 cm³/mol. The third-order valence-corrected chi connectivity index (χ3v) is 3.67. The Bertz CT molecular complexity index is 394. The first kappa shape index (κ1) is 17.5. The topological polar surface area (TPSA) is 83.9 Å². The van der Waals surface area contributed by atoms with Gasteiger partial charge in [0.15, 0.2) is 0 Å². The van der Waals surface area contributed by atoms with Gasteiger partial charge in [-0.2, -0.15) is 0 Å². The van der Waals surface area contributed by atoms with Crippen LogP contribution < -0.4 is 0 Å². The Morgan fingerprint density at radius 3 is 2.38 bits per heavy atom. The van der Waals surface area contributed by atoms with Gasteiger partial charge in [-0.3, -0.25) is 14.4 Å². The molecule has 0 heterocycles. The van der Waals surface area contributed by atoms with E-state index in [1.165, 1.54) is 4.90 Å². The lowest BCUT2D eigenvalue weighted by molar-refractivity contribution is -0.153. The minimum atomic E-state index is -0.925. The van der Waals surface area contributed by atoms with Gasteiger partial charge in [-0.25, -0.2) is 0 Å². The van der Waals surface area contributed by atoms with Crippen molar-refractivity contribution in [1.29, 1.82) is 0 Å². The molecule has 1 rings (SSSR count). The number of rotatable bonds is 7. The van der Waals surface area contributed by atoms with Crippen molar-refractivity contribution in [3.63, 3.8) is 0 Å². The van der Waals surface area contributed by atoms with Crippen molar-refractivity contribution in [2.24, 2.45) is 17.8 Å². The van der Waals surface area contributed by atoms with Gasteiger partial charge in [0.2, 0.25) is 5.91 Å². The fourth-order valence-corrected chi connectivity index (χ4v) is 2.82. The van der Waals surface area contributed by atoms with Crippen LogP contribution in [0.3, 0.4) is 0 Å². The maximum atomic E-state index is 12.6. The van der Waals surface area contributed by atoms with Gasteiger partial charge < -0.3 is 14.7 Å². The second-order valence-corrected chi connectivity index (χ2v) is 5.90. The average Bonchev–Trinajstić information content (AvgIpc) is 2.86. The number of carbonyl (C=O) groups is 3. The number of nitrogens with zero attached hydrogens (tertiary/aromatic N) is 1. The number of ether oxygens (including phenoxy) is 1. The van der Waals surface area contributed by atoms with E-state index in [0.29, 0.717) is 19.4 Å². The summed E-state index contributed by atoms with van der Waals surface area (Å²) >= 11 is 0. The van der Waals surface area contributed by atoms with E-state index in [-0.39, 0.29) is 25.0 Å². The van der Waals surface area contributed by atoms with Gasteiger partial charge in [-0.15, -0.1) is 0 Å². The minimum absolute atomic E-state index is 0.103. The quantitative estimate of drug-likeness (QED) is 0.721. The standard InChI is InChI=1S/C15H25NO5/c1-4-21-13(17)9-16(8-10(2)3)14(18)11-6-5-7-12(11)15(19)20/h10-12H,4-9H2,1-3H3,(H,19,20). The van der Waals surface area contributed by atoms with E-state index in [0.717, 1.165) is 6.42 Å². The number of aliphatic carboxylic acids is 1. The smallest absolute Gasteiger partial charge is 0.325 e. The van der Waals surface area contributed by atoms with E-state index in [1.807, 2.05) is 13.8 Å². The van der Waals surface area contributed by atoms with Crippen LogP contribution in [0.2, 0.25) is 0 Å². The molecule has 0 aromatic carbocycles. The maximum Gasteiger partial charge on any atom is 0.325 e. The first-order valence-corrected chi connectivity index (χ1v) is 7.54. The number of esters is 1. The van der Waals surface area contributed by atoms with Crippen LogP contribution in [-0.4, -0.2) is 47.5 Å². The highest BCUT2D eigenvalue weighted by molar-refractivity contribution is 5.87. The molecule has 1 aliphatic carbocycles. The highest BCUT2D eigenvalue weighted by Crippen LogP contribution is 2.33. The summed E-state index contributed by atoms with van der Waals surface area (Å²) in [5, 5.41) is 9.20. The number of carbonyl (C=O) groups excluding carboxylic acids is 2. The lowest BCUT2D eigenvalue weighted by Gasteiger charge is -2.27. The Morgan fingerprint density at radius 2 is 1.86 bits per heavy atom. The zero-order chi connectivity index (χ0) is 16.0. The molecular formula is C15H25NO5. The zero-order valence-corrected chi connectivity index (χ0v) is 13.0. The van der Waals surface area contributed by atoms with Crippen molar-refractivity contribution >= 4 is 17.8 Å². The van der Waals surface area contributed by atoms with E-state index in [4.69, 9.17) is 4.74 Å². The zero-order valence-electron chi connectivity index (χ0n) is 13.0. The lowest BCUT2D eigenvalue weighted by Crippen LogP contribution is -2.44. The monoisotopic (exact) mass is 299 g/mol. The molecule has 1 saturated carbocycles. The van der Waals surface area contributed by atoms with Crippen LogP contribution in [0.1, 0.15) is 40.0 Å². The Morgan fingerprint density at radius 1 is 1.24 bits per heavy atom. The van der Waals surface area contributed by atoms with E-state index in [9.17, 15) is 19.5 Å². The van der Waals surface area contributed by atoms with Gasteiger partial charge in [-0.05, 0) is 25.7 Å². The molecule has 1 N–H and O–H groups in total. The van der Waals surface area contributed by atoms with E-state index in [2.05, 4.69) is 0 Å². The molecule has 1 aliphatic rings. The largest absolute Gasteiger partial charge is 0.481 e. The van der Waals surface area contributed by atoms with Crippen LogP contribution in [0.4, 0.5) is 0 Å². The van der Waals surface area contributed by atoms with Crippen molar-refractivity contribution in [1.82, 2.24) is 4.90 Å². The maximum absolute atomic E-state index is 12.6. The summed E-state index contributed by atoms with van der Waals surface area (Å²) in [4.78, 5) is 36.9. The fourth-order valence-electron chi connectivity index (χ4n) is 2.82. The highest BCUT2D eigenvalue weighted by atomic mass is 16.5. The molecule has 2 atom stereocenters. The molecule has 1 amide bonds. The van der Waals surface area contributed by atoms with Crippen molar-refractivity contribution in [3.05, 3.63) is 0 Å². The second kappa shape index (κ2) is 8.00. The summed E-state index contributed by atoms with van der Waals surface area (Å²) < 4.78 is 4.89. The van der Waals surface area contributed by atoms with E-state index >= 15 is 0 Å². The molecule has 0 bridgehead atoms. The van der Waals surface area contributed by atoms with Crippen LogP contribution in [0, 0.1) is 17.8 Å². The highest BCUT2D eigenvalue weighted by Gasteiger charge is 2.40. The van der Waals surface area contributed by atoms with Crippen molar-refractivity contribution < 1.29 is 24.2 Å². The van der Waals surface area contributed by atoms with E-state index in [1.54, 1.807) is 6.92 Å². The normalized spacial score (nSPS) is 21.3. The molecule has 0 spiro atoms. The summed E-state index contributed by atoms with van der Waals surface area (Å²) in [6, 6.07) is 0. The Labute approximate surface area is 125 Å². The van der Waals surface area contributed by atoms with Crippen LogP contribution >= 0.6 is 0 Å². The van der Waals surface area contributed by atoms with Gasteiger partial charge in [0.05, 0.1) is 18.4 Å². The molecule has 0 aromatic heterocycles. The lowest BCUT2D eigenvalue weighted by atomic mass is 9.94. The van der Waals surface area contributed by atoms with E-state index < -0.39 is 23.8 Å². The molecule has 2 unspecified atom stereocenters. The van der Waals surface area contributed by atoms with Gasteiger partial charge in [0.1, 0.15) is 6.54 Å². The van der Waals surface area contributed by atoms with Crippen LogP contribution in [0.5, 0.6) is 0 Å². The number of carboxylic acid groups (broad SMARTS) is 1. The Hall–Kier alpha value is -1.59. The molecule has 0 aromatic rings. The SMILES string of the molecule is CCOC(=O)CN(CC(C)C)C(=O)C1CCCC1C(=O)O. The van der Waals surface area contributed by atoms with Crippen molar-refractivity contribution in [2.75, 3.05) is 19.7 Å². The predicted octanol–water partition coefficient (Wildman–Crippen LogP) is 1.54. The van der Waals surface area contributed by atoms with Crippen molar-refractivity contribution in [2.45, 2.75) is 40.0 Å². The first-order chi connectivity index (χ1) is 9.86. The molecule has 0 saturated heterocycles. The molecule has 21 heavy (non-hydrogen) atoms. The summed E-state index contributed by atoms with van der Waals surface area (Å²) in [5.41, 5.74) is 0. The summed E-state index contributed by atoms with van der Waals surface area (Å²) in [6.45, 7) is 6.21. The molecule has 6 heteroatoms. The summed E-state index contributed by atoms with van der Waals surface area (Å²) in [6.07, 6.45) is 1.84. The van der Waals surface area contributed by atoms with Crippen molar-refractivity contribution in [3.8, 4) is 0 Å². The first-order valence-electron chi connectivity index (χ1n) is 7.54. The third kappa shape index (κ3) is 5.02. The van der Waals surface area contributed by atoms with Gasteiger partial charge in [0, 0.05) is 6.54 Å². The number of hydrogen-bond donors (Lipinski definition) is 1. The van der Waals surface area contributed by atoms with Gasteiger partial charge >= 0.3 is 11.9 Å². The van der Waals surface area contributed by atoms with Crippen LogP contribution in [0.25, 0.3) is 0 Å². The number of carboxylic acids is 1. The average molecular weight is 299 g/mol. The summed E-state index contributed by atoms with van der Waals surface area (Å²) in [5.74, 6) is -2.55. The number of amides is 1. The Balaban J connectivity index is 2.79. The fraction of sp³-hybridized carbons (Fsp3) is 0.800. The van der Waals surface area contributed by atoms with Gasteiger partial charge in [-0.1, -0.05) is 20.3 Å². The number of hydrogen-bond acceptors (Lipinski definition) is 4. The third-order valence-electron chi connectivity index (χ3n) is 3.67. The molecule has 0 radical (unpaired) electrons. The van der Waals surface area contributed by atoms with Crippen LogP contribution in [0.15, 0.2) is 0 Å². The molecular weight excluding hydrogens is 274 g/mol. The summed E-state index contributed by atoms with van der Waals surface area (Å²) in [7, 11) is 0.